The highest BCUT2D eigenvalue weighted by Gasteiger charge is 2.21. The van der Waals surface area contributed by atoms with Crippen molar-refractivity contribution >= 4 is 5.91 Å². The third-order valence-electron chi connectivity index (χ3n) is 3.47. The largest absolute Gasteiger partial charge is 0.350 e. The van der Waals surface area contributed by atoms with Gasteiger partial charge in [-0.3, -0.25) is 4.79 Å². The van der Waals surface area contributed by atoms with Crippen molar-refractivity contribution in [2.75, 3.05) is 0 Å². The maximum Gasteiger partial charge on any atom is 0.237 e. The van der Waals surface area contributed by atoms with Crippen LogP contribution in [0.4, 0.5) is 0 Å². The van der Waals surface area contributed by atoms with Crippen LogP contribution in [0.25, 0.3) is 0 Å². The molecule has 0 saturated heterocycles. The Balaban J connectivity index is 2.44. The first-order valence-corrected chi connectivity index (χ1v) is 6.95. The lowest BCUT2D eigenvalue weighted by Gasteiger charge is -2.26. The molecule has 0 fully saturated rings. The molecular weight excluding hydrogens is 236 g/mol. The second kappa shape index (κ2) is 6.71. The van der Waals surface area contributed by atoms with E-state index in [-0.39, 0.29) is 17.5 Å². The summed E-state index contributed by atoms with van der Waals surface area (Å²) in [7, 11) is 0. The molecule has 0 aliphatic heterocycles. The van der Waals surface area contributed by atoms with Crippen LogP contribution >= 0.6 is 0 Å². The predicted molar refractivity (Wildman–Crippen MR) is 80.0 cm³/mol. The van der Waals surface area contributed by atoms with Gasteiger partial charge in [-0.05, 0) is 39.7 Å². The Hall–Kier alpha value is -1.35. The zero-order valence-corrected chi connectivity index (χ0v) is 12.7. The number of hydrogen-bond donors (Lipinski definition) is 2. The molecule has 2 N–H and O–H groups in total. The van der Waals surface area contributed by atoms with Gasteiger partial charge in [-0.1, -0.05) is 36.8 Å². The molecule has 1 atom stereocenters. The van der Waals surface area contributed by atoms with Gasteiger partial charge in [0.2, 0.25) is 5.91 Å². The molecule has 0 saturated carbocycles. The number of carbonyl (C=O) groups is 1. The number of aryl methyl sites for hydroxylation is 1. The second-order valence-corrected chi connectivity index (χ2v) is 5.81. The van der Waals surface area contributed by atoms with Gasteiger partial charge in [0.15, 0.2) is 0 Å². The van der Waals surface area contributed by atoms with Gasteiger partial charge in [-0.25, -0.2) is 0 Å². The van der Waals surface area contributed by atoms with Crippen molar-refractivity contribution < 1.29 is 4.79 Å². The Morgan fingerprint density at radius 3 is 2.37 bits per heavy atom. The van der Waals surface area contributed by atoms with Crippen LogP contribution in [0, 0.1) is 6.92 Å². The molecule has 1 aromatic carbocycles. The lowest BCUT2D eigenvalue weighted by molar-refractivity contribution is -0.124. The molecule has 3 nitrogen and oxygen atoms in total. The fourth-order valence-electron chi connectivity index (χ4n) is 1.60. The van der Waals surface area contributed by atoms with Crippen LogP contribution < -0.4 is 10.6 Å². The number of rotatable bonds is 6. The Labute approximate surface area is 116 Å². The van der Waals surface area contributed by atoms with Gasteiger partial charge in [-0.15, -0.1) is 0 Å². The molecule has 1 rings (SSSR count). The van der Waals surface area contributed by atoms with Crippen molar-refractivity contribution in [2.24, 2.45) is 0 Å². The summed E-state index contributed by atoms with van der Waals surface area (Å²) >= 11 is 0. The summed E-state index contributed by atoms with van der Waals surface area (Å²) in [5, 5.41) is 6.30. The standard InChI is InChI=1S/C16H26N2O/c1-6-16(4,5)18-15(19)13(3)17-11-14-9-7-12(2)8-10-14/h7-10,13,17H,6,11H2,1-5H3,(H,18,19). The first-order valence-electron chi connectivity index (χ1n) is 6.95. The third-order valence-corrected chi connectivity index (χ3v) is 3.47. The summed E-state index contributed by atoms with van der Waals surface area (Å²) in [6.45, 7) is 10.8. The van der Waals surface area contributed by atoms with Crippen molar-refractivity contribution in [3.63, 3.8) is 0 Å². The molecule has 0 bridgehead atoms. The topological polar surface area (TPSA) is 41.1 Å². The third kappa shape index (κ3) is 5.43. The van der Waals surface area contributed by atoms with Crippen LogP contribution in [0.1, 0.15) is 45.2 Å². The van der Waals surface area contributed by atoms with Crippen LogP contribution in [-0.2, 0) is 11.3 Å². The van der Waals surface area contributed by atoms with Crippen LogP contribution in [-0.4, -0.2) is 17.5 Å². The number of hydrogen-bond acceptors (Lipinski definition) is 2. The van der Waals surface area contributed by atoms with Crippen molar-refractivity contribution in [2.45, 2.75) is 59.2 Å². The van der Waals surface area contributed by atoms with E-state index < -0.39 is 0 Å². The molecule has 0 aliphatic rings. The summed E-state index contributed by atoms with van der Waals surface area (Å²) in [4.78, 5) is 12.0. The first kappa shape index (κ1) is 15.7. The SMILES string of the molecule is CCC(C)(C)NC(=O)C(C)NCc1ccc(C)cc1. The Morgan fingerprint density at radius 2 is 1.84 bits per heavy atom. The fraction of sp³-hybridized carbons (Fsp3) is 0.562. The van der Waals surface area contributed by atoms with E-state index in [1.807, 2.05) is 20.8 Å². The van der Waals surface area contributed by atoms with Crippen molar-refractivity contribution in [3.8, 4) is 0 Å². The summed E-state index contributed by atoms with van der Waals surface area (Å²) in [5.74, 6) is 0.0546. The monoisotopic (exact) mass is 262 g/mol. The average Bonchev–Trinajstić information content (AvgIpc) is 2.37. The minimum atomic E-state index is -0.188. The average molecular weight is 262 g/mol. The van der Waals surface area contributed by atoms with E-state index in [9.17, 15) is 4.79 Å². The molecule has 1 aromatic rings. The number of benzene rings is 1. The van der Waals surface area contributed by atoms with Gasteiger partial charge in [0.25, 0.3) is 0 Å². The van der Waals surface area contributed by atoms with Gasteiger partial charge in [0, 0.05) is 12.1 Å². The number of nitrogens with one attached hydrogen (secondary N) is 2. The first-order chi connectivity index (χ1) is 8.84. The smallest absolute Gasteiger partial charge is 0.237 e. The van der Waals surface area contributed by atoms with E-state index in [4.69, 9.17) is 0 Å². The zero-order valence-electron chi connectivity index (χ0n) is 12.7. The fourth-order valence-corrected chi connectivity index (χ4v) is 1.60. The van der Waals surface area contributed by atoms with E-state index in [0.29, 0.717) is 6.54 Å². The minimum Gasteiger partial charge on any atom is -0.350 e. The maximum absolute atomic E-state index is 12.0. The molecule has 106 valence electrons. The molecular formula is C16H26N2O. The second-order valence-electron chi connectivity index (χ2n) is 5.81. The summed E-state index contributed by atoms with van der Waals surface area (Å²) in [6, 6.07) is 8.16. The molecule has 0 aliphatic carbocycles. The lowest BCUT2D eigenvalue weighted by atomic mass is 10.0. The Kier molecular flexibility index (Phi) is 5.55. The highest BCUT2D eigenvalue weighted by atomic mass is 16.2. The summed E-state index contributed by atoms with van der Waals surface area (Å²) in [5.41, 5.74) is 2.30. The van der Waals surface area contributed by atoms with Gasteiger partial charge in [0.05, 0.1) is 6.04 Å². The van der Waals surface area contributed by atoms with Crippen molar-refractivity contribution in [3.05, 3.63) is 35.4 Å². The van der Waals surface area contributed by atoms with Crippen LogP contribution in [0.2, 0.25) is 0 Å². The molecule has 19 heavy (non-hydrogen) atoms. The van der Waals surface area contributed by atoms with E-state index >= 15 is 0 Å². The van der Waals surface area contributed by atoms with Crippen LogP contribution in [0.15, 0.2) is 24.3 Å². The van der Waals surface area contributed by atoms with E-state index in [1.165, 1.54) is 11.1 Å². The van der Waals surface area contributed by atoms with E-state index in [1.54, 1.807) is 0 Å². The molecule has 0 radical (unpaired) electrons. The zero-order chi connectivity index (χ0) is 14.5. The predicted octanol–water partition coefficient (Wildman–Crippen LogP) is 2.78. The highest BCUT2D eigenvalue weighted by molar-refractivity contribution is 5.81. The highest BCUT2D eigenvalue weighted by Crippen LogP contribution is 2.07. The molecule has 0 spiro atoms. The summed E-state index contributed by atoms with van der Waals surface area (Å²) < 4.78 is 0. The number of carbonyl (C=O) groups excluding carboxylic acids is 1. The number of amides is 1. The van der Waals surface area contributed by atoms with Gasteiger partial charge < -0.3 is 10.6 Å². The van der Waals surface area contributed by atoms with Crippen molar-refractivity contribution in [1.29, 1.82) is 0 Å². The van der Waals surface area contributed by atoms with Gasteiger partial charge in [0.1, 0.15) is 0 Å². The molecule has 1 unspecified atom stereocenters. The van der Waals surface area contributed by atoms with Crippen molar-refractivity contribution in [1.82, 2.24) is 10.6 Å². The summed E-state index contributed by atoms with van der Waals surface area (Å²) in [6.07, 6.45) is 0.920. The van der Waals surface area contributed by atoms with Crippen LogP contribution in [0.5, 0.6) is 0 Å². The normalized spacial score (nSPS) is 13.1. The maximum atomic E-state index is 12.0. The lowest BCUT2D eigenvalue weighted by Crippen LogP contribution is -2.50. The van der Waals surface area contributed by atoms with E-state index in [0.717, 1.165) is 6.42 Å². The molecule has 3 heteroatoms. The molecule has 1 amide bonds. The van der Waals surface area contributed by atoms with E-state index in [2.05, 4.69) is 48.7 Å². The Morgan fingerprint density at radius 1 is 1.26 bits per heavy atom. The van der Waals surface area contributed by atoms with Crippen LogP contribution in [0.3, 0.4) is 0 Å². The van der Waals surface area contributed by atoms with Gasteiger partial charge in [-0.2, -0.15) is 0 Å². The quantitative estimate of drug-likeness (QED) is 0.827. The molecule has 0 aromatic heterocycles. The Bertz CT molecular complexity index is 409. The minimum absolute atomic E-state index is 0.0546. The van der Waals surface area contributed by atoms with Gasteiger partial charge >= 0.3 is 0 Å². The molecule has 0 heterocycles.